The van der Waals surface area contributed by atoms with Gasteiger partial charge in [0.05, 0.1) is 6.04 Å². The lowest BCUT2D eigenvalue weighted by Crippen LogP contribution is -2.45. The fraction of sp³-hybridized carbons (Fsp3) is 0.800. The zero-order valence-corrected chi connectivity index (χ0v) is 9.05. The summed E-state index contributed by atoms with van der Waals surface area (Å²) >= 11 is 0. The molecule has 2 heterocycles. The summed E-state index contributed by atoms with van der Waals surface area (Å²) in [5, 5.41) is 0. The summed E-state index contributed by atoms with van der Waals surface area (Å²) in [6.07, 6.45) is 2.10. The fourth-order valence-corrected chi connectivity index (χ4v) is 2.37. The highest BCUT2D eigenvalue weighted by Gasteiger charge is 2.43. The lowest BCUT2D eigenvalue weighted by atomic mass is 10.2. The number of likely N-dealkylation sites (N-methyl/N-ethyl adjacent to an activating group) is 1. The summed E-state index contributed by atoms with van der Waals surface area (Å²) in [4.78, 5) is 25.7. The van der Waals surface area contributed by atoms with Gasteiger partial charge in [0.15, 0.2) is 6.23 Å². The number of amides is 2. The summed E-state index contributed by atoms with van der Waals surface area (Å²) in [5.74, 6) is -0.00208. The van der Waals surface area contributed by atoms with Gasteiger partial charge in [0.25, 0.3) is 5.91 Å². The molecule has 2 amide bonds. The Morgan fingerprint density at radius 2 is 2.27 bits per heavy atom. The van der Waals surface area contributed by atoms with Crippen LogP contribution >= 0.6 is 0 Å². The van der Waals surface area contributed by atoms with Crippen LogP contribution in [0.4, 0.5) is 0 Å². The Labute approximate surface area is 89.0 Å². The number of hydrogen-bond acceptors (Lipinski definition) is 3. The lowest BCUT2D eigenvalue weighted by Gasteiger charge is -2.29. The number of ether oxygens (including phenoxy) is 1. The van der Waals surface area contributed by atoms with Crippen LogP contribution < -0.4 is 0 Å². The number of nitrogens with zero attached hydrogens (tertiary/aromatic N) is 2. The molecular weight excluding hydrogens is 196 g/mol. The van der Waals surface area contributed by atoms with Crippen molar-refractivity contribution in [2.24, 2.45) is 0 Å². The summed E-state index contributed by atoms with van der Waals surface area (Å²) in [7, 11) is 1.73. The van der Waals surface area contributed by atoms with Gasteiger partial charge in [-0.1, -0.05) is 0 Å². The molecule has 5 nitrogen and oxygen atoms in total. The first-order valence-electron chi connectivity index (χ1n) is 5.28. The van der Waals surface area contributed by atoms with Gasteiger partial charge in [-0.3, -0.25) is 9.59 Å². The fourth-order valence-electron chi connectivity index (χ4n) is 2.37. The molecule has 0 aliphatic carbocycles. The molecule has 2 aliphatic rings. The second kappa shape index (κ2) is 3.81. The van der Waals surface area contributed by atoms with Crippen molar-refractivity contribution in [2.75, 3.05) is 13.6 Å². The van der Waals surface area contributed by atoms with Crippen LogP contribution in [0.1, 0.15) is 19.8 Å². The van der Waals surface area contributed by atoms with Crippen molar-refractivity contribution < 1.29 is 14.3 Å². The summed E-state index contributed by atoms with van der Waals surface area (Å²) in [6, 6.07) is 0.0291. The molecule has 84 valence electrons. The second-order valence-corrected chi connectivity index (χ2v) is 4.17. The average Bonchev–Trinajstić information content (AvgIpc) is 2.78. The summed E-state index contributed by atoms with van der Waals surface area (Å²) in [6.45, 7) is 2.52. The molecule has 0 N–H and O–H groups in total. The molecule has 2 fully saturated rings. The highest BCUT2D eigenvalue weighted by molar-refractivity contribution is 5.82. The molecule has 0 saturated carbocycles. The van der Waals surface area contributed by atoms with Crippen LogP contribution in [0, 0.1) is 0 Å². The largest absolute Gasteiger partial charge is 0.343 e. The third-order valence-corrected chi connectivity index (χ3v) is 3.23. The molecule has 2 aliphatic heterocycles. The van der Waals surface area contributed by atoms with Crippen molar-refractivity contribution >= 4 is 12.3 Å². The van der Waals surface area contributed by atoms with Gasteiger partial charge in [0, 0.05) is 13.6 Å². The van der Waals surface area contributed by atoms with Gasteiger partial charge in [-0.2, -0.15) is 0 Å². The van der Waals surface area contributed by atoms with E-state index in [2.05, 4.69) is 0 Å². The van der Waals surface area contributed by atoms with E-state index in [0.717, 1.165) is 25.8 Å². The highest BCUT2D eigenvalue weighted by Crippen LogP contribution is 2.27. The van der Waals surface area contributed by atoms with Gasteiger partial charge in [-0.15, -0.1) is 0 Å². The van der Waals surface area contributed by atoms with E-state index in [0.29, 0.717) is 0 Å². The molecule has 3 atom stereocenters. The van der Waals surface area contributed by atoms with Gasteiger partial charge in [0.1, 0.15) is 6.10 Å². The van der Waals surface area contributed by atoms with Crippen LogP contribution in [0.2, 0.25) is 0 Å². The Balaban J connectivity index is 2.11. The van der Waals surface area contributed by atoms with Crippen LogP contribution in [-0.2, 0) is 14.3 Å². The maximum absolute atomic E-state index is 11.6. The number of hydrogen-bond donors (Lipinski definition) is 0. The van der Waals surface area contributed by atoms with E-state index in [1.54, 1.807) is 23.8 Å². The first kappa shape index (κ1) is 10.4. The summed E-state index contributed by atoms with van der Waals surface area (Å²) in [5.41, 5.74) is 0. The molecule has 0 radical (unpaired) electrons. The first-order chi connectivity index (χ1) is 7.15. The van der Waals surface area contributed by atoms with E-state index in [1.165, 1.54) is 0 Å². The quantitative estimate of drug-likeness (QED) is 0.596. The topological polar surface area (TPSA) is 49.9 Å². The van der Waals surface area contributed by atoms with Crippen molar-refractivity contribution in [3.63, 3.8) is 0 Å². The smallest absolute Gasteiger partial charge is 0.253 e. The molecule has 5 heteroatoms. The van der Waals surface area contributed by atoms with Crippen LogP contribution in [0.5, 0.6) is 0 Å². The molecule has 0 aromatic heterocycles. The molecule has 1 unspecified atom stereocenters. The van der Waals surface area contributed by atoms with Gasteiger partial charge < -0.3 is 14.5 Å². The van der Waals surface area contributed by atoms with Gasteiger partial charge >= 0.3 is 0 Å². The standard InChI is InChI=1S/C10H16N2O3/c1-7-9(14)11(2)10(15-7)8-4-3-5-12(8)6-13/h6-8,10H,3-5H2,1-2H3/t7-,8+,10?/m1/s1. The minimum Gasteiger partial charge on any atom is -0.343 e. The normalized spacial score (nSPS) is 36.4. The van der Waals surface area contributed by atoms with Crippen molar-refractivity contribution in [1.29, 1.82) is 0 Å². The Morgan fingerprint density at radius 1 is 1.53 bits per heavy atom. The van der Waals surface area contributed by atoms with Crippen LogP contribution in [0.15, 0.2) is 0 Å². The predicted octanol–water partition coefficient (Wildman–Crippen LogP) is -0.190. The minimum absolute atomic E-state index is 0.00208. The molecule has 0 aromatic carbocycles. The molecule has 0 aromatic rings. The Kier molecular flexibility index (Phi) is 2.65. The molecule has 15 heavy (non-hydrogen) atoms. The number of carbonyl (C=O) groups is 2. The van der Waals surface area contributed by atoms with Crippen molar-refractivity contribution in [3.8, 4) is 0 Å². The molecule has 0 spiro atoms. The van der Waals surface area contributed by atoms with Crippen LogP contribution in [0.25, 0.3) is 0 Å². The van der Waals surface area contributed by atoms with Crippen molar-refractivity contribution in [1.82, 2.24) is 9.80 Å². The minimum atomic E-state index is -0.380. The molecular formula is C10H16N2O3. The maximum Gasteiger partial charge on any atom is 0.253 e. The number of carbonyl (C=O) groups excluding carboxylic acids is 2. The maximum atomic E-state index is 11.6. The van der Waals surface area contributed by atoms with E-state index >= 15 is 0 Å². The Morgan fingerprint density at radius 3 is 2.80 bits per heavy atom. The van der Waals surface area contributed by atoms with E-state index in [9.17, 15) is 9.59 Å². The zero-order valence-electron chi connectivity index (χ0n) is 9.05. The number of likely N-dealkylation sites (tertiary alicyclic amines) is 1. The van der Waals surface area contributed by atoms with Crippen molar-refractivity contribution in [3.05, 3.63) is 0 Å². The monoisotopic (exact) mass is 212 g/mol. The van der Waals surface area contributed by atoms with Gasteiger partial charge in [-0.25, -0.2) is 0 Å². The molecule has 2 rings (SSSR count). The second-order valence-electron chi connectivity index (χ2n) is 4.17. The third-order valence-electron chi connectivity index (χ3n) is 3.23. The Bertz CT molecular complexity index is 282. The Hall–Kier alpha value is -1.10. The summed E-state index contributed by atoms with van der Waals surface area (Å²) < 4.78 is 5.58. The van der Waals surface area contributed by atoms with Crippen LogP contribution in [0.3, 0.4) is 0 Å². The predicted molar refractivity (Wildman–Crippen MR) is 52.9 cm³/mol. The number of rotatable bonds is 2. The van der Waals surface area contributed by atoms with E-state index in [1.807, 2.05) is 0 Å². The molecule has 0 bridgehead atoms. The zero-order chi connectivity index (χ0) is 11.0. The first-order valence-corrected chi connectivity index (χ1v) is 5.28. The van der Waals surface area contributed by atoms with Gasteiger partial charge in [0.2, 0.25) is 6.41 Å². The molecule has 2 saturated heterocycles. The van der Waals surface area contributed by atoms with Crippen molar-refractivity contribution in [2.45, 2.75) is 38.1 Å². The SMILES string of the molecule is C[C@H]1OC([C@@H]2CCCN2C=O)N(C)C1=O. The van der Waals surface area contributed by atoms with E-state index in [4.69, 9.17) is 4.74 Å². The average molecular weight is 212 g/mol. The lowest BCUT2D eigenvalue weighted by molar-refractivity contribution is -0.130. The highest BCUT2D eigenvalue weighted by atomic mass is 16.5. The third kappa shape index (κ3) is 1.61. The van der Waals surface area contributed by atoms with Gasteiger partial charge in [-0.05, 0) is 19.8 Å². The van der Waals surface area contributed by atoms with E-state index < -0.39 is 0 Å². The van der Waals surface area contributed by atoms with E-state index in [-0.39, 0.29) is 24.3 Å². The van der Waals surface area contributed by atoms with Crippen LogP contribution in [-0.4, -0.2) is 54.1 Å².